The van der Waals surface area contributed by atoms with E-state index in [1.807, 2.05) is 0 Å². The second-order valence-corrected chi connectivity index (χ2v) is 6.70. The number of amides is 1. The van der Waals surface area contributed by atoms with Crippen LogP contribution in [0.25, 0.3) is 11.0 Å². The summed E-state index contributed by atoms with van der Waals surface area (Å²) < 4.78 is 65.1. The standard InChI is InChI=1S/C18H12ClF4N3O4/c1-2-29-16(28)11-5-8-14(10(20)6-9(19)15(8)30-11)26-13(27)7-12(18(21,22)23)25-4-3-24-17(25)26/h5-7H,2-4H2,1H3. The van der Waals surface area contributed by atoms with Crippen LogP contribution >= 0.6 is 11.6 Å². The molecular weight excluding hydrogens is 434 g/mol. The van der Waals surface area contributed by atoms with Crippen molar-refractivity contribution < 1.29 is 36.3 Å². The summed E-state index contributed by atoms with van der Waals surface area (Å²) in [7, 11) is 0. The summed E-state index contributed by atoms with van der Waals surface area (Å²) >= 11 is 6.01. The molecule has 30 heavy (non-hydrogen) atoms. The maximum atomic E-state index is 14.9. The summed E-state index contributed by atoms with van der Waals surface area (Å²) in [6.07, 6.45) is -4.43. The molecule has 1 aromatic heterocycles. The highest BCUT2D eigenvalue weighted by Crippen LogP contribution is 2.41. The second-order valence-electron chi connectivity index (χ2n) is 6.30. The Hall–Kier alpha value is -3.08. The van der Waals surface area contributed by atoms with Crippen molar-refractivity contribution in [2.24, 2.45) is 4.99 Å². The number of alkyl halides is 3. The van der Waals surface area contributed by atoms with Crippen LogP contribution in [0.3, 0.4) is 0 Å². The number of hydrogen-bond acceptors (Lipinski definition) is 6. The van der Waals surface area contributed by atoms with E-state index >= 15 is 0 Å². The Morgan fingerprint density at radius 2 is 2.10 bits per heavy atom. The third-order valence-corrected chi connectivity index (χ3v) is 4.74. The van der Waals surface area contributed by atoms with E-state index in [9.17, 15) is 27.2 Å². The summed E-state index contributed by atoms with van der Waals surface area (Å²) in [5.41, 5.74) is -1.74. The number of aliphatic imine (C=N–C) groups is 1. The third-order valence-electron chi connectivity index (χ3n) is 4.46. The first kappa shape index (κ1) is 20.2. The number of esters is 1. The van der Waals surface area contributed by atoms with E-state index in [1.165, 1.54) is 0 Å². The Morgan fingerprint density at radius 1 is 1.37 bits per heavy atom. The molecule has 0 saturated heterocycles. The third kappa shape index (κ3) is 3.09. The summed E-state index contributed by atoms with van der Waals surface area (Å²) in [5, 5.41) is -0.280. The lowest BCUT2D eigenvalue weighted by Crippen LogP contribution is -2.51. The minimum absolute atomic E-state index is 0.0235. The van der Waals surface area contributed by atoms with Crippen LogP contribution in [0.15, 0.2) is 33.3 Å². The van der Waals surface area contributed by atoms with Gasteiger partial charge in [-0.15, -0.1) is 0 Å². The SMILES string of the molecule is CCOC(=O)c1cc2c(N3C(=O)C=C(C(F)(F)F)N4CCN=C43)c(F)cc(Cl)c2o1. The average Bonchev–Trinajstić information content (AvgIpc) is 3.29. The van der Waals surface area contributed by atoms with Crippen LogP contribution in [0.2, 0.25) is 5.02 Å². The molecule has 0 radical (unpaired) electrons. The van der Waals surface area contributed by atoms with Crippen molar-refractivity contribution in [3.05, 3.63) is 40.5 Å². The molecule has 2 aliphatic rings. The number of furan rings is 1. The lowest BCUT2D eigenvalue weighted by molar-refractivity contribution is -0.119. The average molecular weight is 446 g/mol. The Bertz CT molecular complexity index is 1140. The van der Waals surface area contributed by atoms with Crippen molar-refractivity contribution in [1.29, 1.82) is 0 Å². The van der Waals surface area contributed by atoms with Crippen LogP contribution < -0.4 is 4.90 Å². The predicted molar refractivity (Wildman–Crippen MR) is 97.8 cm³/mol. The highest BCUT2D eigenvalue weighted by molar-refractivity contribution is 6.36. The van der Waals surface area contributed by atoms with Crippen LogP contribution in [-0.4, -0.2) is 48.6 Å². The number of carbonyl (C=O) groups is 2. The molecule has 2 aliphatic heterocycles. The molecule has 2 aromatic rings. The first-order valence-corrected chi connectivity index (χ1v) is 9.05. The number of guanidine groups is 1. The van der Waals surface area contributed by atoms with Gasteiger partial charge < -0.3 is 14.1 Å². The lowest BCUT2D eigenvalue weighted by Gasteiger charge is -2.35. The fourth-order valence-electron chi connectivity index (χ4n) is 3.31. The number of rotatable bonds is 3. The first-order chi connectivity index (χ1) is 14.1. The topological polar surface area (TPSA) is 75.3 Å². The van der Waals surface area contributed by atoms with E-state index in [2.05, 4.69) is 4.99 Å². The molecule has 12 heteroatoms. The van der Waals surface area contributed by atoms with E-state index in [0.29, 0.717) is 11.0 Å². The van der Waals surface area contributed by atoms with Crippen molar-refractivity contribution in [1.82, 2.24) is 4.90 Å². The van der Waals surface area contributed by atoms with Crippen molar-refractivity contribution in [3.8, 4) is 0 Å². The number of halogens is 5. The van der Waals surface area contributed by atoms with Gasteiger partial charge in [0.1, 0.15) is 11.5 Å². The van der Waals surface area contributed by atoms with E-state index in [4.69, 9.17) is 20.8 Å². The zero-order valence-corrected chi connectivity index (χ0v) is 16.0. The smallest absolute Gasteiger partial charge is 0.431 e. The van der Waals surface area contributed by atoms with Gasteiger partial charge in [0.2, 0.25) is 11.7 Å². The molecule has 158 valence electrons. The van der Waals surface area contributed by atoms with E-state index in [-0.39, 0.29) is 47.4 Å². The molecule has 1 aromatic carbocycles. The van der Waals surface area contributed by atoms with Crippen molar-refractivity contribution in [2.75, 3.05) is 24.6 Å². The Labute approximate surface area is 171 Å². The van der Waals surface area contributed by atoms with Crippen molar-refractivity contribution in [3.63, 3.8) is 0 Å². The molecule has 4 rings (SSSR count). The molecule has 0 fully saturated rings. The minimum Gasteiger partial charge on any atom is -0.460 e. The number of fused-ring (bicyclic) bond motifs is 2. The molecule has 0 spiro atoms. The fourth-order valence-corrected chi connectivity index (χ4v) is 3.54. The number of nitrogens with zero attached hydrogens (tertiary/aromatic N) is 3. The van der Waals surface area contributed by atoms with Crippen molar-refractivity contribution in [2.45, 2.75) is 13.1 Å². The fraction of sp³-hybridized carbons (Fsp3) is 0.278. The molecule has 0 atom stereocenters. The van der Waals surface area contributed by atoms with Gasteiger partial charge in [0.25, 0.3) is 5.91 Å². The first-order valence-electron chi connectivity index (χ1n) is 8.67. The normalized spacial score (nSPS) is 16.7. The van der Waals surface area contributed by atoms with Crippen LogP contribution in [-0.2, 0) is 9.53 Å². The number of carbonyl (C=O) groups excluding carboxylic acids is 2. The second kappa shape index (κ2) is 7.01. The van der Waals surface area contributed by atoms with Crippen molar-refractivity contribution >= 4 is 46.1 Å². The van der Waals surface area contributed by atoms with Gasteiger partial charge in [-0.3, -0.25) is 9.79 Å². The van der Waals surface area contributed by atoms with Gasteiger partial charge >= 0.3 is 12.1 Å². The van der Waals surface area contributed by atoms with Crippen LogP contribution in [0.5, 0.6) is 0 Å². The summed E-state index contributed by atoms with van der Waals surface area (Å²) in [5.74, 6) is -3.69. The Kier molecular flexibility index (Phi) is 4.72. The maximum Gasteiger partial charge on any atom is 0.431 e. The molecule has 0 aliphatic carbocycles. The number of hydrogen-bond donors (Lipinski definition) is 0. The summed E-state index contributed by atoms with van der Waals surface area (Å²) in [4.78, 5) is 30.1. The van der Waals surface area contributed by atoms with Gasteiger partial charge in [0, 0.05) is 18.7 Å². The lowest BCUT2D eigenvalue weighted by atomic mass is 10.1. The number of benzene rings is 1. The van der Waals surface area contributed by atoms with E-state index in [1.54, 1.807) is 6.92 Å². The molecule has 7 nitrogen and oxygen atoms in total. The van der Waals surface area contributed by atoms with Gasteiger partial charge in [-0.2, -0.15) is 13.2 Å². The highest BCUT2D eigenvalue weighted by Gasteiger charge is 2.47. The Balaban J connectivity index is 1.92. The molecule has 0 N–H and O–H groups in total. The molecule has 0 unspecified atom stereocenters. The van der Waals surface area contributed by atoms with Gasteiger partial charge in [0.05, 0.1) is 29.2 Å². The van der Waals surface area contributed by atoms with Crippen LogP contribution in [0.4, 0.5) is 23.2 Å². The molecular formula is C18H12ClF4N3O4. The van der Waals surface area contributed by atoms with E-state index < -0.39 is 35.3 Å². The molecule has 1 amide bonds. The maximum absolute atomic E-state index is 14.9. The highest BCUT2D eigenvalue weighted by atomic mass is 35.5. The van der Waals surface area contributed by atoms with Crippen LogP contribution in [0.1, 0.15) is 17.5 Å². The minimum atomic E-state index is -4.80. The zero-order chi connectivity index (χ0) is 21.8. The van der Waals surface area contributed by atoms with Gasteiger partial charge in [-0.25, -0.2) is 14.1 Å². The predicted octanol–water partition coefficient (Wildman–Crippen LogP) is 3.87. The number of ether oxygens (including phenoxy) is 1. The zero-order valence-electron chi connectivity index (χ0n) is 15.2. The van der Waals surface area contributed by atoms with Gasteiger partial charge in [0.15, 0.2) is 5.58 Å². The quantitative estimate of drug-likeness (QED) is 0.529. The largest absolute Gasteiger partial charge is 0.460 e. The van der Waals surface area contributed by atoms with Gasteiger partial charge in [-0.05, 0) is 13.0 Å². The molecule has 3 heterocycles. The Morgan fingerprint density at radius 3 is 2.77 bits per heavy atom. The van der Waals surface area contributed by atoms with Gasteiger partial charge in [-0.1, -0.05) is 11.6 Å². The molecule has 0 saturated carbocycles. The molecule has 0 bridgehead atoms. The number of allylic oxidation sites excluding steroid dienone is 1. The van der Waals surface area contributed by atoms with Crippen LogP contribution in [0, 0.1) is 5.82 Å². The number of anilines is 1. The monoisotopic (exact) mass is 445 g/mol. The summed E-state index contributed by atoms with van der Waals surface area (Å²) in [6.45, 7) is 1.46. The summed E-state index contributed by atoms with van der Waals surface area (Å²) in [6, 6.07) is 1.96. The van der Waals surface area contributed by atoms with E-state index in [0.717, 1.165) is 17.0 Å².